The molecule has 1 saturated heterocycles. The average molecular weight is 506 g/mol. The Morgan fingerprint density at radius 1 is 0.972 bits per heavy atom. The lowest BCUT2D eigenvalue weighted by Crippen LogP contribution is -2.47. The largest absolute Gasteiger partial charge is 0.506 e. The van der Waals surface area contributed by atoms with Gasteiger partial charge in [-0.3, -0.25) is 9.69 Å². The number of hydrogen-bond acceptors (Lipinski definition) is 6. The first kappa shape index (κ1) is 26.2. The van der Waals surface area contributed by atoms with E-state index in [-0.39, 0.29) is 17.5 Å². The fraction of sp³-hybridized carbons (Fsp3) is 0.577. The van der Waals surface area contributed by atoms with Crippen molar-refractivity contribution in [1.29, 1.82) is 0 Å². The van der Waals surface area contributed by atoms with Crippen LogP contribution in [0.4, 0.5) is 24.7 Å². The number of carbonyl (C=O) groups excluding carboxylic acids is 1. The highest BCUT2D eigenvalue weighted by molar-refractivity contribution is 5.98. The lowest BCUT2D eigenvalue weighted by molar-refractivity contribution is -0.141. The molecule has 0 saturated carbocycles. The van der Waals surface area contributed by atoms with E-state index in [1.807, 2.05) is 31.7 Å². The maximum atomic E-state index is 13.4. The SMILES string of the molecule is CC(C)(C)c1nc(N2CCN(CCCCN3C(=O)CCc4cccc(O)c43)CC2)cc(C(F)(F)F)n1. The Morgan fingerprint density at radius 2 is 1.67 bits per heavy atom. The normalized spacial score (nSPS) is 17.4. The van der Waals surface area contributed by atoms with Gasteiger partial charge >= 0.3 is 6.18 Å². The summed E-state index contributed by atoms with van der Waals surface area (Å²) >= 11 is 0. The molecule has 2 aromatic rings. The fourth-order valence-corrected chi connectivity index (χ4v) is 4.71. The van der Waals surface area contributed by atoms with Gasteiger partial charge in [0.1, 0.15) is 23.1 Å². The molecule has 36 heavy (non-hydrogen) atoms. The van der Waals surface area contributed by atoms with Crippen LogP contribution in [0.2, 0.25) is 0 Å². The molecule has 3 heterocycles. The number of aromatic hydroxyl groups is 1. The van der Waals surface area contributed by atoms with Gasteiger partial charge in [0.25, 0.3) is 0 Å². The summed E-state index contributed by atoms with van der Waals surface area (Å²) in [6, 6.07) is 6.42. The fourth-order valence-electron chi connectivity index (χ4n) is 4.71. The quantitative estimate of drug-likeness (QED) is 0.588. The number of aromatic nitrogens is 2. The number of rotatable bonds is 6. The predicted molar refractivity (Wildman–Crippen MR) is 132 cm³/mol. The number of piperazine rings is 1. The molecule has 0 unspecified atom stereocenters. The Bertz CT molecular complexity index is 1060. The summed E-state index contributed by atoms with van der Waals surface area (Å²) in [7, 11) is 0. The Morgan fingerprint density at radius 3 is 2.33 bits per heavy atom. The summed E-state index contributed by atoms with van der Waals surface area (Å²) in [4.78, 5) is 26.6. The van der Waals surface area contributed by atoms with Crippen LogP contribution >= 0.6 is 0 Å². The van der Waals surface area contributed by atoms with Gasteiger partial charge in [-0.25, -0.2) is 9.97 Å². The second-order valence-electron chi connectivity index (χ2n) is 10.5. The number of hydrogen-bond donors (Lipinski definition) is 1. The predicted octanol–water partition coefficient (Wildman–Crippen LogP) is 4.38. The monoisotopic (exact) mass is 505 g/mol. The van der Waals surface area contributed by atoms with Gasteiger partial charge in [0.15, 0.2) is 0 Å². The van der Waals surface area contributed by atoms with Gasteiger partial charge in [0.05, 0.1) is 5.69 Å². The molecule has 2 aliphatic rings. The molecule has 0 radical (unpaired) electrons. The van der Waals surface area contributed by atoms with E-state index in [0.717, 1.165) is 44.1 Å². The molecule has 1 amide bonds. The van der Waals surface area contributed by atoms with E-state index < -0.39 is 17.3 Å². The number of anilines is 2. The molecule has 4 rings (SSSR count). The van der Waals surface area contributed by atoms with Crippen LogP contribution in [0, 0.1) is 0 Å². The number of para-hydroxylation sites is 1. The molecule has 2 aliphatic heterocycles. The third-order valence-corrected chi connectivity index (χ3v) is 6.75. The molecule has 1 aromatic carbocycles. The van der Waals surface area contributed by atoms with Gasteiger partial charge in [-0.05, 0) is 37.4 Å². The highest BCUT2D eigenvalue weighted by Gasteiger charge is 2.36. The first-order valence-corrected chi connectivity index (χ1v) is 12.5. The zero-order valence-electron chi connectivity index (χ0n) is 21.1. The number of unbranched alkanes of at least 4 members (excludes halogenated alkanes) is 1. The maximum absolute atomic E-state index is 13.4. The summed E-state index contributed by atoms with van der Waals surface area (Å²) in [5, 5.41) is 10.3. The van der Waals surface area contributed by atoms with E-state index in [0.29, 0.717) is 44.0 Å². The molecule has 1 N–H and O–H groups in total. The molecule has 1 aromatic heterocycles. The summed E-state index contributed by atoms with van der Waals surface area (Å²) in [5.41, 5.74) is 0.142. The van der Waals surface area contributed by atoms with E-state index in [1.54, 1.807) is 17.0 Å². The van der Waals surface area contributed by atoms with Crippen molar-refractivity contribution in [1.82, 2.24) is 14.9 Å². The van der Waals surface area contributed by atoms with Crippen LogP contribution in [0.15, 0.2) is 24.3 Å². The van der Waals surface area contributed by atoms with Crippen molar-refractivity contribution in [3.05, 3.63) is 41.3 Å². The van der Waals surface area contributed by atoms with Crippen molar-refractivity contribution >= 4 is 17.4 Å². The van der Waals surface area contributed by atoms with E-state index in [2.05, 4.69) is 14.9 Å². The number of fused-ring (bicyclic) bond motifs is 1. The Kier molecular flexibility index (Phi) is 7.45. The van der Waals surface area contributed by atoms with Gasteiger partial charge in [0.2, 0.25) is 5.91 Å². The smallest absolute Gasteiger partial charge is 0.433 e. The Balaban J connectivity index is 1.31. The summed E-state index contributed by atoms with van der Waals surface area (Å²) < 4.78 is 40.3. The molecule has 10 heteroatoms. The van der Waals surface area contributed by atoms with Gasteiger partial charge < -0.3 is 14.9 Å². The minimum absolute atomic E-state index is 0.0373. The minimum atomic E-state index is -4.52. The van der Waals surface area contributed by atoms with E-state index >= 15 is 0 Å². The molecule has 0 atom stereocenters. The zero-order valence-corrected chi connectivity index (χ0v) is 21.1. The summed E-state index contributed by atoms with van der Waals surface area (Å²) in [6.07, 6.45) is -1.74. The number of aryl methyl sites for hydroxylation is 1. The van der Waals surface area contributed by atoms with Crippen molar-refractivity contribution in [2.75, 3.05) is 49.1 Å². The summed E-state index contributed by atoms with van der Waals surface area (Å²) in [6.45, 7) is 9.44. The Hall–Kier alpha value is -2.88. The van der Waals surface area contributed by atoms with Crippen LogP contribution in [0.25, 0.3) is 0 Å². The average Bonchev–Trinajstić information content (AvgIpc) is 2.82. The summed E-state index contributed by atoms with van der Waals surface area (Å²) in [5.74, 6) is 0.693. The van der Waals surface area contributed by atoms with Crippen LogP contribution in [-0.2, 0) is 22.8 Å². The number of phenols is 1. The van der Waals surface area contributed by atoms with Crippen LogP contribution in [0.5, 0.6) is 5.75 Å². The highest BCUT2D eigenvalue weighted by Crippen LogP contribution is 2.36. The van der Waals surface area contributed by atoms with Crippen molar-refractivity contribution < 1.29 is 23.1 Å². The molecular formula is C26H34F3N5O2. The number of carbonyl (C=O) groups is 1. The minimum Gasteiger partial charge on any atom is -0.506 e. The number of halogens is 3. The van der Waals surface area contributed by atoms with Crippen LogP contribution in [0.3, 0.4) is 0 Å². The molecule has 1 fully saturated rings. The number of phenolic OH excluding ortho intramolecular Hbond substituents is 1. The first-order valence-electron chi connectivity index (χ1n) is 12.5. The number of amides is 1. The van der Waals surface area contributed by atoms with Crippen LogP contribution < -0.4 is 9.80 Å². The molecule has 7 nitrogen and oxygen atoms in total. The topological polar surface area (TPSA) is 72.8 Å². The molecule has 0 spiro atoms. The molecular weight excluding hydrogens is 471 g/mol. The second kappa shape index (κ2) is 10.2. The van der Waals surface area contributed by atoms with Gasteiger partial charge in [-0.1, -0.05) is 32.9 Å². The number of nitrogens with zero attached hydrogens (tertiary/aromatic N) is 5. The molecule has 0 aliphatic carbocycles. The Labute approximate surface area is 209 Å². The molecule has 0 bridgehead atoms. The third kappa shape index (κ3) is 5.91. The van der Waals surface area contributed by atoms with Crippen molar-refractivity contribution in [2.24, 2.45) is 0 Å². The first-order chi connectivity index (χ1) is 16.9. The zero-order chi connectivity index (χ0) is 26.1. The van der Waals surface area contributed by atoms with Crippen molar-refractivity contribution in [3.8, 4) is 5.75 Å². The lowest BCUT2D eigenvalue weighted by Gasteiger charge is -2.36. The third-order valence-electron chi connectivity index (χ3n) is 6.75. The van der Waals surface area contributed by atoms with Crippen LogP contribution in [0.1, 0.15) is 57.1 Å². The lowest BCUT2D eigenvalue weighted by atomic mass is 9.95. The van der Waals surface area contributed by atoms with Gasteiger partial charge in [0, 0.05) is 50.6 Å². The number of alkyl halides is 3. The highest BCUT2D eigenvalue weighted by atomic mass is 19.4. The van der Waals surface area contributed by atoms with Crippen molar-refractivity contribution in [2.45, 2.75) is 58.0 Å². The standard InChI is InChI=1S/C26H34F3N5O2/c1-25(2,3)24-30-20(26(27,28)29)17-21(31-24)33-15-13-32(14-16-33)11-4-5-12-34-22(36)10-9-18-7-6-8-19(35)23(18)34/h6-8,17,35H,4-5,9-16H2,1-3H3. The van der Waals surface area contributed by atoms with Gasteiger partial charge in [-0.15, -0.1) is 0 Å². The number of benzene rings is 1. The maximum Gasteiger partial charge on any atom is 0.433 e. The van der Waals surface area contributed by atoms with E-state index in [9.17, 15) is 23.1 Å². The molecule has 196 valence electrons. The van der Waals surface area contributed by atoms with E-state index in [1.165, 1.54) is 0 Å². The van der Waals surface area contributed by atoms with Gasteiger partial charge in [-0.2, -0.15) is 13.2 Å². The van der Waals surface area contributed by atoms with Crippen molar-refractivity contribution in [3.63, 3.8) is 0 Å². The second-order valence-corrected chi connectivity index (χ2v) is 10.5. The van der Waals surface area contributed by atoms with Crippen LogP contribution in [-0.4, -0.2) is 65.2 Å². The van der Waals surface area contributed by atoms with E-state index in [4.69, 9.17) is 0 Å².